The number of rotatable bonds is 9. The maximum atomic E-state index is 14.0. The van der Waals surface area contributed by atoms with Crippen LogP contribution < -0.4 is 10.6 Å². The molecule has 3 N–H and O–H groups in total. The molecule has 1 aliphatic carbocycles. The van der Waals surface area contributed by atoms with Gasteiger partial charge in [-0.2, -0.15) is 0 Å². The molecule has 190 valence electrons. The van der Waals surface area contributed by atoms with Crippen LogP contribution in [0.2, 0.25) is 0 Å². The third kappa shape index (κ3) is 7.11. The smallest absolute Gasteiger partial charge is 0.408 e. The Morgan fingerprint density at radius 2 is 1.76 bits per heavy atom. The number of benzene rings is 1. The fourth-order valence-electron chi connectivity index (χ4n) is 3.83. The van der Waals surface area contributed by atoms with E-state index in [4.69, 9.17) is 4.74 Å². The summed E-state index contributed by atoms with van der Waals surface area (Å²) in [4.78, 5) is 41.6. The Morgan fingerprint density at radius 1 is 1.15 bits per heavy atom. The number of hydrogen-bond donors (Lipinski definition) is 3. The van der Waals surface area contributed by atoms with Gasteiger partial charge in [0.1, 0.15) is 23.4 Å². The minimum atomic E-state index is -1.02. The Balaban J connectivity index is 2.51. The number of para-hydroxylation sites is 1. The molecule has 1 aliphatic rings. The van der Waals surface area contributed by atoms with E-state index >= 15 is 0 Å². The van der Waals surface area contributed by atoms with Crippen molar-refractivity contribution in [1.29, 1.82) is 0 Å². The van der Waals surface area contributed by atoms with Crippen molar-refractivity contribution in [3.05, 3.63) is 29.3 Å². The number of nitrogens with one attached hydrogen (secondary N) is 2. The van der Waals surface area contributed by atoms with Crippen molar-refractivity contribution in [2.75, 3.05) is 0 Å². The lowest BCUT2D eigenvalue weighted by Gasteiger charge is -2.36. The van der Waals surface area contributed by atoms with E-state index in [9.17, 15) is 19.5 Å². The highest BCUT2D eigenvalue weighted by Gasteiger charge is 2.45. The van der Waals surface area contributed by atoms with E-state index in [-0.39, 0.29) is 35.6 Å². The number of aromatic hydroxyl groups is 1. The molecule has 1 fully saturated rings. The van der Waals surface area contributed by atoms with Crippen LogP contribution in [0.4, 0.5) is 4.79 Å². The molecule has 8 nitrogen and oxygen atoms in total. The first kappa shape index (κ1) is 27.5. The molecule has 0 heterocycles. The number of alkyl carbamates (subject to hydrolysis) is 1. The van der Waals surface area contributed by atoms with Gasteiger partial charge in [0.2, 0.25) is 11.8 Å². The summed E-state index contributed by atoms with van der Waals surface area (Å²) in [5, 5.41) is 16.5. The Morgan fingerprint density at radius 3 is 2.26 bits per heavy atom. The van der Waals surface area contributed by atoms with Crippen LogP contribution in [0, 0.1) is 12.8 Å². The lowest BCUT2D eigenvalue weighted by molar-refractivity contribution is -0.144. The molecule has 0 saturated heterocycles. The van der Waals surface area contributed by atoms with Crippen molar-refractivity contribution < 1.29 is 24.2 Å². The topological polar surface area (TPSA) is 108 Å². The molecule has 3 unspecified atom stereocenters. The van der Waals surface area contributed by atoms with Crippen molar-refractivity contribution in [2.45, 2.75) is 104 Å². The number of carbonyl (C=O) groups excluding carboxylic acids is 3. The number of carbonyl (C=O) groups is 3. The third-order valence-electron chi connectivity index (χ3n) is 5.87. The number of ether oxygens (including phenoxy) is 1. The SMILES string of the molecule is CCC(C)C(NC(=O)OC(C)(C)C)C(=O)N(C1CC1)C(C(=O)NC(C)C)c1cccc(C)c1O. The van der Waals surface area contributed by atoms with Gasteiger partial charge in [-0.1, -0.05) is 38.5 Å². The fraction of sp³-hybridized carbons (Fsp3) is 0.654. The van der Waals surface area contributed by atoms with Crippen LogP contribution in [-0.2, 0) is 14.3 Å². The van der Waals surface area contributed by atoms with Crippen molar-refractivity contribution >= 4 is 17.9 Å². The second-order valence-corrected chi connectivity index (χ2v) is 10.6. The average Bonchev–Trinajstić information content (AvgIpc) is 3.54. The standard InChI is InChI=1S/C26H41N3O5/c1-9-16(4)20(28-25(33)34-26(6,7)8)24(32)29(18-13-14-18)21(23(31)27-15(2)3)19-12-10-11-17(5)22(19)30/h10-12,15-16,18,20-21,30H,9,13-14H2,1-8H3,(H,27,31)(H,28,33). The van der Waals surface area contributed by atoms with Gasteiger partial charge in [0.15, 0.2) is 0 Å². The van der Waals surface area contributed by atoms with Gasteiger partial charge in [0.25, 0.3) is 0 Å². The third-order valence-corrected chi connectivity index (χ3v) is 5.87. The van der Waals surface area contributed by atoms with Gasteiger partial charge in [0, 0.05) is 17.6 Å². The van der Waals surface area contributed by atoms with Crippen LogP contribution >= 0.6 is 0 Å². The molecule has 0 spiro atoms. The lowest BCUT2D eigenvalue weighted by atomic mass is 9.94. The summed E-state index contributed by atoms with van der Waals surface area (Å²) >= 11 is 0. The second kappa shape index (κ2) is 11.1. The molecule has 2 rings (SSSR count). The van der Waals surface area contributed by atoms with E-state index in [1.807, 2.05) is 27.7 Å². The van der Waals surface area contributed by atoms with Crippen LogP contribution in [0.25, 0.3) is 0 Å². The molecule has 1 saturated carbocycles. The zero-order chi connectivity index (χ0) is 25.8. The number of hydrogen-bond acceptors (Lipinski definition) is 5. The Kier molecular flexibility index (Phi) is 8.97. The molecule has 0 aromatic heterocycles. The predicted molar refractivity (Wildman–Crippen MR) is 131 cm³/mol. The van der Waals surface area contributed by atoms with E-state index in [0.29, 0.717) is 17.5 Å². The Bertz CT molecular complexity index is 889. The van der Waals surface area contributed by atoms with Gasteiger partial charge >= 0.3 is 6.09 Å². The first-order valence-electron chi connectivity index (χ1n) is 12.2. The van der Waals surface area contributed by atoms with Crippen LogP contribution in [0.15, 0.2) is 18.2 Å². The molecule has 0 aliphatic heterocycles. The van der Waals surface area contributed by atoms with Crippen molar-refractivity contribution in [3.8, 4) is 5.75 Å². The summed E-state index contributed by atoms with van der Waals surface area (Å²) in [7, 11) is 0. The van der Waals surface area contributed by atoms with Crippen molar-refractivity contribution in [1.82, 2.24) is 15.5 Å². The van der Waals surface area contributed by atoms with E-state index in [1.54, 1.807) is 50.8 Å². The van der Waals surface area contributed by atoms with Gasteiger partial charge in [-0.25, -0.2) is 4.79 Å². The predicted octanol–water partition coefficient (Wildman–Crippen LogP) is 4.20. The van der Waals surface area contributed by atoms with E-state index < -0.39 is 23.8 Å². The van der Waals surface area contributed by atoms with Gasteiger partial charge < -0.3 is 25.4 Å². The molecule has 3 amide bonds. The van der Waals surface area contributed by atoms with E-state index in [1.165, 1.54) is 0 Å². The average molecular weight is 476 g/mol. The van der Waals surface area contributed by atoms with Gasteiger partial charge in [0.05, 0.1) is 0 Å². The summed E-state index contributed by atoms with van der Waals surface area (Å²) in [5.74, 6) is -0.921. The Labute approximate surface area is 203 Å². The zero-order valence-corrected chi connectivity index (χ0v) is 21.8. The first-order chi connectivity index (χ1) is 15.8. The zero-order valence-electron chi connectivity index (χ0n) is 21.8. The summed E-state index contributed by atoms with van der Waals surface area (Å²) in [6.45, 7) is 14.6. The van der Waals surface area contributed by atoms with Crippen LogP contribution in [-0.4, -0.2) is 51.6 Å². The summed E-state index contributed by atoms with van der Waals surface area (Å²) < 4.78 is 5.41. The van der Waals surface area contributed by atoms with Crippen molar-refractivity contribution in [3.63, 3.8) is 0 Å². The second-order valence-electron chi connectivity index (χ2n) is 10.6. The van der Waals surface area contributed by atoms with Gasteiger partial charge in [-0.15, -0.1) is 0 Å². The van der Waals surface area contributed by atoms with Crippen molar-refractivity contribution in [2.24, 2.45) is 5.92 Å². The molecule has 1 aromatic rings. The normalized spacial score (nSPS) is 16.4. The summed E-state index contributed by atoms with van der Waals surface area (Å²) in [5.41, 5.74) is 0.281. The van der Waals surface area contributed by atoms with Crippen LogP contribution in [0.1, 0.15) is 84.9 Å². The number of phenolic OH excluding ortho intramolecular Hbond substituents is 1. The molecule has 1 aromatic carbocycles. The maximum Gasteiger partial charge on any atom is 0.408 e. The number of amides is 3. The molecular weight excluding hydrogens is 434 g/mol. The minimum absolute atomic E-state index is 0.00922. The Hall–Kier alpha value is -2.77. The molecule has 0 bridgehead atoms. The highest BCUT2D eigenvalue weighted by Crippen LogP contribution is 2.39. The summed E-state index contributed by atoms with van der Waals surface area (Å²) in [6.07, 6.45) is 1.47. The van der Waals surface area contributed by atoms with E-state index in [2.05, 4.69) is 10.6 Å². The molecular formula is C26H41N3O5. The quantitative estimate of drug-likeness (QED) is 0.496. The monoisotopic (exact) mass is 475 g/mol. The number of aryl methyl sites for hydroxylation is 1. The number of nitrogens with zero attached hydrogens (tertiary/aromatic N) is 1. The lowest BCUT2D eigenvalue weighted by Crippen LogP contribution is -2.56. The maximum absolute atomic E-state index is 14.0. The minimum Gasteiger partial charge on any atom is -0.507 e. The first-order valence-corrected chi connectivity index (χ1v) is 12.2. The van der Waals surface area contributed by atoms with Gasteiger partial charge in [-0.3, -0.25) is 9.59 Å². The molecule has 8 heteroatoms. The van der Waals surface area contributed by atoms with Crippen LogP contribution in [0.3, 0.4) is 0 Å². The molecule has 34 heavy (non-hydrogen) atoms. The number of phenols is 1. The molecule has 0 radical (unpaired) electrons. The fourth-order valence-corrected chi connectivity index (χ4v) is 3.83. The van der Waals surface area contributed by atoms with Gasteiger partial charge in [-0.05, 0) is 65.9 Å². The highest BCUT2D eigenvalue weighted by molar-refractivity contribution is 5.93. The highest BCUT2D eigenvalue weighted by atomic mass is 16.6. The largest absolute Gasteiger partial charge is 0.507 e. The molecule has 3 atom stereocenters. The summed E-state index contributed by atoms with van der Waals surface area (Å²) in [6, 6.07) is 3.00. The van der Waals surface area contributed by atoms with Crippen LogP contribution in [0.5, 0.6) is 5.75 Å². The van der Waals surface area contributed by atoms with E-state index in [0.717, 1.165) is 12.8 Å².